The predicted molar refractivity (Wildman–Crippen MR) is 93.6 cm³/mol. The molecular weight excluding hydrogens is 447 g/mol. The van der Waals surface area contributed by atoms with Crippen molar-refractivity contribution in [3.05, 3.63) is 56.1 Å². The number of halogens is 2. The van der Waals surface area contributed by atoms with E-state index in [4.69, 9.17) is 0 Å². The first-order valence-corrected chi connectivity index (χ1v) is 8.09. The highest BCUT2D eigenvalue weighted by atomic mass is 127. The molecular formula is C15H10BrIN2O2. The van der Waals surface area contributed by atoms with Crippen LogP contribution in [0.4, 0.5) is 11.4 Å². The summed E-state index contributed by atoms with van der Waals surface area (Å²) in [6, 6.07) is 12.8. The quantitative estimate of drug-likeness (QED) is 0.666. The first-order valence-electron chi connectivity index (χ1n) is 6.22. The Morgan fingerprint density at radius 3 is 2.81 bits per heavy atom. The molecule has 2 aromatic rings. The van der Waals surface area contributed by atoms with Crippen LogP contribution < -0.4 is 10.2 Å². The Kier molecular flexibility index (Phi) is 3.99. The topological polar surface area (TPSA) is 49.4 Å². The number of hydrogen-bond donors (Lipinski definition) is 1. The number of amides is 2. The Morgan fingerprint density at radius 2 is 2.00 bits per heavy atom. The smallest absolute Gasteiger partial charge is 0.259 e. The second-order valence-electron chi connectivity index (χ2n) is 4.58. The number of carbonyl (C=O) groups excluding carboxylic acids is 2. The fourth-order valence-electron chi connectivity index (χ4n) is 2.22. The van der Waals surface area contributed by atoms with E-state index in [1.165, 1.54) is 4.90 Å². The molecule has 0 unspecified atom stereocenters. The van der Waals surface area contributed by atoms with Crippen LogP contribution in [0.1, 0.15) is 10.4 Å². The van der Waals surface area contributed by atoms with Crippen molar-refractivity contribution in [2.75, 3.05) is 16.8 Å². The van der Waals surface area contributed by atoms with Gasteiger partial charge in [-0.2, -0.15) is 0 Å². The van der Waals surface area contributed by atoms with Crippen molar-refractivity contribution < 1.29 is 9.59 Å². The van der Waals surface area contributed by atoms with Gasteiger partial charge in [-0.15, -0.1) is 0 Å². The van der Waals surface area contributed by atoms with E-state index in [1.807, 2.05) is 30.3 Å². The van der Waals surface area contributed by atoms with Crippen molar-refractivity contribution in [1.82, 2.24) is 0 Å². The standard InChI is InChI=1S/C15H10BrIN2O2/c16-9-5-6-11(17)10(7-9)15(21)19-8-14(20)18-12-3-1-2-4-13(12)19/h1-7H,8H2,(H,18,20). The molecule has 4 nitrogen and oxygen atoms in total. The van der Waals surface area contributed by atoms with Crippen LogP contribution in [0.2, 0.25) is 0 Å². The van der Waals surface area contributed by atoms with E-state index >= 15 is 0 Å². The molecule has 1 aliphatic rings. The van der Waals surface area contributed by atoms with Gasteiger partial charge in [-0.25, -0.2) is 0 Å². The molecule has 1 N–H and O–H groups in total. The van der Waals surface area contributed by atoms with E-state index in [1.54, 1.807) is 12.1 Å². The van der Waals surface area contributed by atoms with E-state index in [9.17, 15) is 9.59 Å². The Labute approximate surface area is 143 Å². The molecule has 106 valence electrons. The average molecular weight is 457 g/mol. The van der Waals surface area contributed by atoms with Crippen molar-refractivity contribution in [3.8, 4) is 0 Å². The minimum absolute atomic E-state index is 0.0262. The Hall–Kier alpha value is -1.41. The van der Waals surface area contributed by atoms with Gasteiger partial charge in [-0.1, -0.05) is 28.1 Å². The summed E-state index contributed by atoms with van der Waals surface area (Å²) < 4.78 is 1.69. The van der Waals surface area contributed by atoms with E-state index in [-0.39, 0.29) is 18.4 Å². The predicted octanol–water partition coefficient (Wildman–Crippen LogP) is 3.65. The summed E-state index contributed by atoms with van der Waals surface area (Å²) in [5.74, 6) is -0.366. The van der Waals surface area contributed by atoms with Crippen LogP contribution in [0.15, 0.2) is 46.9 Å². The monoisotopic (exact) mass is 456 g/mol. The summed E-state index contributed by atoms with van der Waals surface area (Å²) in [4.78, 5) is 26.1. The number of fused-ring (bicyclic) bond motifs is 1. The number of anilines is 2. The summed E-state index contributed by atoms with van der Waals surface area (Å²) >= 11 is 5.50. The molecule has 6 heteroatoms. The van der Waals surface area contributed by atoms with Crippen LogP contribution in [0.25, 0.3) is 0 Å². The van der Waals surface area contributed by atoms with Crippen molar-refractivity contribution >= 4 is 61.7 Å². The van der Waals surface area contributed by atoms with Crippen molar-refractivity contribution in [2.45, 2.75) is 0 Å². The van der Waals surface area contributed by atoms with E-state index < -0.39 is 0 Å². The summed E-state index contributed by atoms with van der Waals surface area (Å²) in [6.45, 7) is 0.0262. The molecule has 0 bridgehead atoms. The summed E-state index contributed by atoms with van der Waals surface area (Å²) in [7, 11) is 0. The van der Waals surface area contributed by atoms with Gasteiger partial charge in [0.1, 0.15) is 6.54 Å². The Morgan fingerprint density at radius 1 is 1.24 bits per heavy atom. The third-order valence-electron chi connectivity index (χ3n) is 3.17. The lowest BCUT2D eigenvalue weighted by Gasteiger charge is -2.29. The first kappa shape index (κ1) is 14.5. The van der Waals surface area contributed by atoms with Gasteiger partial charge in [0, 0.05) is 8.04 Å². The number of carbonyl (C=O) groups is 2. The van der Waals surface area contributed by atoms with E-state index in [0.717, 1.165) is 13.7 Å². The number of benzene rings is 2. The molecule has 0 spiro atoms. The molecule has 1 aliphatic heterocycles. The third-order valence-corrected chi connectivity index (χ3v) is 4.61. The van der Waals surface area contributed by atoms with E-state index in [0.29, 0.717) is 11.3 Å². The number of rotatable bonds is 1. The Bertz CT molecular complexity index is 748. The zero-order valence-corrected chi connectivity index (χ0v) is 14.5. The molecule has 3 rings (SSSR count). The number of nitrogens with zero attached hydrogens (tertiary/aromatic N) is 1. The van der Waals surface area contributed by atoms with Gasteiger partial charge in [0.25, 0.3) is 5.91 Å². The van der Waals surface area contributed by atoms with E-state index in [2.05, 4.69) is 43.8 Å². The minimum Gasteiger partial charge on any atom is -0.323 e. The summed E-state index contributed by atoms with van der Waals surface area (Å²) in [5, 5.41) is 2.78. The maximum atomic E-state index is 12.8. The normalized spacial score (nSPS) is 13.6. The van der Waals surface area contributed by atoms with Crippen LogP contribution in [0, 0.1) is 3.57 Å². The van der Waals surface area contributed by atoms with Gasteiger partial charge < -0.3 is 5.32 Å². The SMILES string of the molecule is O=C1CN(C(=O)c2cc(Br)ccc2I)c2ccccc2N1. The molecule has 0 saturated carbocycles. The highest BCUT2D eigenvalue weighted by molar-refractivity contribution is 14.1. The molecule has 0 aliphatic carbocycles. The molecule has 2 amide bonds. The molecule has 0 radical (unpaired) electrons. The van der Waals surface area contributed by atoms with Gasteiger partial charge in [-0.05, 0) is 52.9 Å². The largest absolute Gasteiger partial charge is 0.323 e. The third kappa shape index (κ3) is 2.82. The van der Waals surface area contributed by atoms with Crippen LogP contribution in [0.3, 0.4) is 0 Å². The van der Waals surface area contributed by atoms with Crippen LogP contribution in [-0.2, 0) is 4.79 Å². The first-order chi connectivity index (χ1) is 10.1. The highest BCUT2D eigenvalue weighted by Gasteiger charge is 2.28. The van der Waals surface area contributed by atoms with Gasteiger partial charge >= 0.3 is 0 Å². The maximum Gasteiger partial charge on any atom is 0.259 e. The number of hydrogen-bond acceptors (Lipinski definition) is 2. The lowest BCUT2D eigenvalue weighted by molar-refractivity contribution is -0.115. The number of nitrogens with one attached hydrogen (secondary N) is 1. The molecule has 1 heterocycles. The van der Waals surface area contributed by atoms with Gasteiger partial charge in [0.15, 0.2) is 0 Å². The van der Waals surface area contributed by atoms with Gasteiger partial charge in [0.2, 0.25) is 5.91 Å². The fourth-order valence-corrected chi connectivity index (χ4v) is 3.15. The molecule has 0 fully saturated rings. The van der Waals surface area contributed by atoms with Crippen molar-refractivity contribution in [3.63, 3.8) is 0 Å². The number of para-hydroxylation sites is 2. The second-order valence-corrected chi connectivity index (χ2v) is 6.66. The summed E-state index contributed by atoms with van der Waals surface area (Å²) in [6.07, 6.45) is 0. The molecule has 0 saturated heterocycles. The van der Waals surface area contributed by atoms with Gasteiger partial charge in [0.05, 0.1) is 16.9 Å². The van der Waals surface area contributed by atoms with Crippen LogP contribution in [-0.4, -0.2) is 18.4 Å². The Balaban J connectivity index is 2.06. The van der Waals surface area contributed by atoms with Crippen molar-refractivity contribution in [2.24, 2.45) is 0 Å². The summed E-state index contributed by atoms with van der Waals surface area (Å²) in [5.41, 5.74) is 1.96. The average Bonchev–Trinajstić information content (AvgIpc) is 2.48. The fraction of sp³-hybridized carbons (Fsp3) is 0.0667. The van der Waals surface area contributed by atoms with Gasteiger partial charge in [-0.3, -0.25) is 14.5 Å². The molecule has 0 aromatic heterocycles. The van der Waals surface area contributed by atoms with Crippen molar-refractivity contribution in [1.29, 1.82) is 0 Å². The zero-order chi connectivity index (χ0) is 15.0. The lowest BCUT2D eigenvalue weighted by Crippen LogP contribution is -2.42. The molecule has 0 atom stereocenters. The lowest BCUT2D eigenvalue weighted by atomic mass is 10.1. The molecule has 2 aromatic carbocycles. The van der Waals surface area contributed by atoms with Crippen LogP contribution in [0.5, 0.6) is 0 Å². The second kappa shape index (κ2) is 5.76. The minimum atomic E-state index is -0.188. The molecule has 21 heavy (non-hydrogen) atoms. The zero-order valence-electron chi connectivity index (χ0n) is 10.8. The highest BCUT2D eigenvalue weighted by Crippen LogP contribution is 2.31. The maximum absolute atomic E-state index is 12.8. The van der Waals surface area contributed by atoms with Crippen LogP contribution >= 0.6 is 38.5 Å².